The number of carboxylic acids is 1. The van der Waals surface area contributed by atoms with Crippen LogP contribution in [0.1, 0.15) is 47.9 Å². The summed E-state index contributed by atoms with van der Waals surface area (Å²) >= 11 is 0. The van der Waals surface area contributed by atoms with E-state index in [1.807, 2.05) is 0 Å². The van der Waals surface area contributed by atoms with Crippen LogP contribution in [0, 0.1) is 5.82 Å². The molecule has 1 aliphatic heterocycles. The van der Waals surface area contributed by atoms with Gasteiger partial charge in [0.15, 0.2) is 9.84 Å². The highest BCUT2D eigenvalue weighted by Gasteiger charge is 2.74. The van der Waals surface area contributed by atoms with Gasteiger partial charge in [0.25, 0.3) is 0 Å². The number of aryl methyl sites for hydroxylation is 1. The normalized spacial score (nSPS) is 22.9. The lowest BCUT2D eigenvalue weighted by Crippen LogP contribution is -2.52. The fourth-order valence-corrected chi connectivity index (χ4v) is 9.45. The molecule has 0 bridgehead atoms. The summed E-state index contributed by atoms with van der Waals surface area (Å²) in [6.45, 7) is 0.105. The van der Waals surface area contributed by atoms with Gasteiger partial charge in [-0.05, 0) is 85.2 Å². The molecule has 0 radical (unpaired) electrons. The number of alkyl halides is 7. The van der Waals surface area contributed by atoms with Gasteiger partial charge in [-0.2, -0.15) is 26.3 Å². The van der Waals surface area contributed by atoms with E-state index in [1.54, 1.807) is 29.2 Å². The van der Waals surface area contributed by atoms with Crippen LogP contribution < -0.4 is 4.90 Å². The average Bonchev–Trinajstić information content (AvgIpc) is 3.69. The smallest absolute Gasteiger partial charge is 0.435 e. The molecule has 240 valence electrons. The van der Waals surface area contributed by atoms with Crippen LogP contribution in [0.15, 0.2) is 71.6 Å². The van der Waals surface area contributed by atoms with Crippen molar-refractivity contribution in [1.29, 1.82) is 0 Å². The summed E-state index contributed by atoms with van der Waals surface area (Å²) in [5, 5.41) is 9.64. The van der Waals surface area contributed by atoms with Crippen LogP contribution >= 0.6 is 0 Å². The van der Waals surface area contributed by atoms with Crippen LogP contribution in [0.5, 0.6) is 0 Å². The number of aliphatic carboxylic acids is 1. The first kappa shape index (κ1) is 31.3. The van der Waals surface area contributed by atoms with Crippen LogP contribution in [0.4, 0.5) is 40.8 Å². The molecule has 2 atom stereocenters. The zero-order valence-corrected chi connectivity index (χ0v) is 24.0. The number of carbonyl (C=O) groups is 1. The maximum Gasteiger partial charge on any atom is 0.435 e. The van der Waals surface area contributed by atoms with Crippen molar-refractivity contribution in [2.45, 2.75) is 71.2 Å². The highest BCUT2D eigenvalue weighted by Crippen LogP contribution is 2.57. The van der Waals surface area contributed by atoms with Gasteiger partial charge in [0.2, 0.25) is 0 Å². The van der Waals surface area contributed by atoms with Crippen LogP contribution in [0.2, 0.25) is 0 Å². The van der Waals surface area contributed by atoms with E-state index in [4.69, 9.17) is 0 Å². The fourth-order valence-electron chi connectivity index (χ4n) is 7.09. The van der Waals surface area contributed by atoms with Crippen molar-refractivity contribution in [3.05, 3.63) is 94.8 Å². The van der Waals surface area contributed by atoms with Crippen LogP contribution in [-0.4, -0.2) is 44.4 Å². The Morgan fingerprint density at radius 2 is 1.44 bits per heavy atom. The zero-order valence-electron chi connectivity index (χ0n) is 23.2. The van der Waals surface area contributed by atoms with Gasteiger partial charge in [-0.25, -0.2) is 17.2 Å². The predicted octanol–water partition coefficient (Wildman–Crippen LogP) is 7.13. The molecule has 3 aliphatic rings. The SMILES string of the molecule is O=C(O)C1(c2ccc(N3CC[C@@]4(S(=O)(=O)c5ccc(F)cc5)c5ccc(C(F)(C(F)(F)F)C(F)(F)F)cc5CC[C@@H]34)cc2)CC1. The van der Waals surface area contributed by atoms with Crippen molar-refractivity contribution in [2.24, 2.45) is 0 Å². The number of hydrogen-bond acceptors (Lipinski definition) is 4. The van der Waals surface area contributed by atoms with E-state index >= 15 is 4.39 Å². The quantitative estimate of drug-likeness (QED) is 0.225. The number of fused-ring (bicyclic) bond motifs is 3. The maximum absolute atomic E-state index is 15.0. The lowest BCUT2D eigenvalue weighted by molar-refractivity contribution is -0.348. The molecule has 1 saturated heterocycles. The van der Waals surface area contributed by atoms with Crippen molar-refractivity contribution in [3.63, 3.8) is 0 Å². The maximum atomic E-state index is 15.0. The van der Waals surface area contributed by atoms with E-state index in [2.05, 4.69) is 0 Å². The highest BCUT2D eigenvalue weighted by molar-refractivity contribution is 7.92. The first-order valence-corrected chi connectivity index (χ1v) is 15.5. The molecular formula is C31H25F8NO4S. The molecule has 0 spiro atoms. The van der Waals surface area contributed by atoms with Crippen molar-refractivity contribution in [1.82, 2.24) is 0 Å². The molecule has 2 fully saturated rings. The van der Waals surface area contributed by atoms with Crippen LogP contribution in [0.25, 0.3) is 0 Å². The molecule has 14 heteroatoms. The molecule has 1 saturated carbocycles. The minimum absolute atomic E-state index is 0.0327. The highest BCUT2D eigenvalue weighted by atomic mass is 32.2. The molecule has 1 N–H and O–H groups in total. The first-order valence-electron chi connectivity index (χ1n) is 14.0. The number of nitrogens with zero attached hydrogens (tertiary/aromatic N) is 1. The Morgan fingerprint density at radius 3 is 1.98 bits per heavy atom. The topological polar surface area (TPSA) is 74.7 Å². The lowest BCUT2D eigenvalue weighted by Gasteiger charge is -2.43. The molecule has 3 aromatic carbocycles. The predicted molar refractivity (Wildman–Crippen MR) is 146 cm³/mol. The second-order valence-corrected chi connectivity index (χ2v) is 14.0. The standard InChI is InChI=1S/C31H25F8NO4S/c32-21-5-9-23(10-6-21)45(43,44)28-15-16-40(22-7-2-19(3-8-22)27(13-14-27)26(41)42)25(28)12-1-18-17-20(4-11-24(18)28)29(33,30(34,35)36)31(37,38)39/h2-11,17,25H,1,12-16H2,(H,41,42)/t25-,28-/m1/s1. The molecule has 6 rings (SSSR count). The number of benzene rings is 3. The molecule has 0 aromatic heterocycles. The minimum atomic E-state index is -6.34. The third-order valence-corrected chi connectivity index (χ3v) is 12.1. The van der Waals surface area contributed by atoms with Crippen LogP contribution in [-0.2, 0) is 36.9 Å². The first-order chi connectivity index (χ1) is 20.9. The summed E-state index contributed by atoms with van der Waals surface area (Å²) in [5.41, 5.74) is -7.48. The molecule has 0 unspecified atom stereocenters. The second-order valence-electron chi connectivity index (χ2n) is 11.8. The monoisotopic (exact) mass is 659 g/mol. The van der Waals surface area contributed by atoms with E-state index in [0.29, 0.717) is 36.2 Å². The largest absolute Gasteiger partial charge is 0.481 e. The molecule has 1 heterocycles. The van der Waals surface area contributed by atoms with Crippen molar-refractivity contribution in [3.8, 4) is 0 Å². The van der Waals surface area contributed by atoms with Gasteiger partial charge in [0.05, 0.1) is 16.4 Å². The summed E-state index contributed by atoms with van der Waals surface area (Å²) in [6, 6.07) is 11.3. The summed E-state index contributed by atoms with van der Waals surface area (Å²) in [7, 11) is -4.49. The lowest BCUT2D eigenvalue weighted by atomic mass is 9.76. The molecule has 2 aliphatic carbocycles. The Labute approximate surface area is 252 Å². The van der Waals surface area contributed by atoms with Gasteiger partial charge in [0, 0.05) is 17.8 Å². The Balaban J connectivity index is 1.49. The fraction of sp³-hybridized carbons (Fsp3) is 0.387. The van der Waals surface area contributed by atoms with Gasteiger partial charge in [0.1, 0.15) is 10.6 Å². The van der Waals surface area contributed by atoms with E-state index in [1.165, 1.54) is 0 Å². The third kappa shape index (κ3) is 4.38. The summed E-state index contributed by atoms with van der Waals surface area (Å²) in [6.07, 6.45) is -12.1. The minimum Gasteiger partial charge on any atom is -0.481 e. The number of rotatable bonds is 6. The Kier molecular flexibility index (Phi) is 6.89. The Morgan fingerprint density at radius 1 is 0.844 bits per heavy atom. The number of hydrogen-bond donors (Lipinski definition) is 1. The summed E-state index contributed by atoms with van der Waals surface area (Å²) in [4.78, 5) is 13.3. The number of sulfone groups is 1. The van der Waals surface area contributed by atoms with Gasteiger partial charge < -0.3 is 10.0 Å². The molecular weight excluding hydrogens is 634 g/mol. The zero-order chi connectivity index (χ0) is 32.8. The van der Waals surface area contributed by atoms with Gasteiger partial charge >= 0.3 is 24.0 Å². The molecule has 3 aromatic rings. The van der Waals surface area contributed by atoms with E-state index in [9.17, 15) is 49.1 Å². The Bertz CT molecular complexity index is 1750. The Hall–Kier alpha value is -3.68. The molecule has 5 nitrogen and oxygen atoms in total. The van der Waals surface area contributed by atoms with Gasteiger partial charge in [-0.3, -0.25) is 4.79 Å². The average molecular weight is 660 g/mol. The second kappa shape index (κ2) is 9.91. The van der Waals surface area contributed by atoms with Crippen molar-refractivity contribution < 1.29 is 53.4 Å². The number of carboxylic acid groups (broad SMARTS) is 1. The summed E-state index contributed by atoms with van der Waals surface area (Å²) in [5.74, 6) is -1.68. The number of halogens is 8. The van der Waals surface area contributed by atoms with E-state index < -0.39 is 61.4 Å². The van der Waals surface area contributed by atoms with E-state index in [-0.39, 0.29) is 41.8 Å². The van der Waals surface area contributed by atoms with Crippen molar-refractivity contribution in [2.75, 3.05) is 11.4 Å². The van der Waals surface area contributed by atoms with Crippen LogP contribution in [0.3, 0.4) is 0 Å². The third-order valence-electron chi connectivity index (χ3n) is 9.58. The van der Waals surface area contributed by atoms with Gasteiger partial charge in [-0.1, -0.05) is 30.3 Å². The number of anilines is 1. The molecule has 0 amide bonds. The van der Waals surface area contributed by atoms with E-state index in [0.717, 1.165) is 30.3 Å². The van der Waals surface area contributed by atoms with Crippen molar-refractivity contribution >= 4 is 21.5 Å². The van der Waals surface area contributed by atoms with Gasteiger partial charge in [-0.15, -0.1) is 0 Å². The summed E-state index contributed by atoms with van der Waals surface area (Å²) < 4.78 is 137. The molecule has 45 heavy (non-hydrogen) atoms.